The lowest BCUT2D eigenvalue weighted by Crippen LogP contribution is -2.39. The molecule has 1 aliphatic heterocycles. The molecule has 1 fully saturated rings. The van der Waals surface area contributed by atoms with Crippen molar-refractivity contribution in [1.29, 1.82) is 0 Å². The maximum absolute atomic E-state index is 13.8. The minimum absolute atomic E-state index is 0.00328. The first-order valence-corrected chi connectivity index (χ1v) is 8.90. The first kappa shape index (κ1) is 16.7. The number of nitrogens with two attached hydrogens (primary N) is 1. The highest BCUT2D eigenvalue weighted by Crippen LogP contribution is 2.29. The summed E-state index contributed by atoms with van der Waals surface area (Å²) < 4.78 is 40.5. The van der Waals surface area contributed by atoms with Crippen LogP contribution in [0.2, 0.25) is 5.02 Å². The van der Waals surface area contributed by atoms with Gasteiger partial charge in [-0.1, -0.05) is 24.9 Å². The quantitative estimate of drug-likeness (QED) is 0.920. The molecule has 1 unspecified atom stereocenters. The number of nitrogens with zero attached hydrogens (tertiary/aromatic N) is 1. The zero-order chi connectivity index (χ0) is 15.6. The summed E-state index contributed by atoms with van der Waals surface area (Å²) >= 11 is 5.78. The van der Waals surface area contributed by atoms with Crippen molar-refractivity contribution in [3.63, 3.8) is 0 Å². The molecule has 2 N–H and O–H groups in total. The summed E-state index contributed by atoms with van der Waals surface area (Å²) in [6.45, 7) is 3.01. The van der Waals surface area contributed by atoms with Crippen LogP contribution in [-0.2, 0) is 16.6 Å². The van der Waals surface area contributed by atoms with Gasteiger partial charge in [0.2, 0.25) is 10.0 Å². The van der Waals surface area contributed by atoms with Crippen LogP contribution in [0.1, 0.15) is 31.7 Å². The lowest BCUT2D eigenvalue weighted by Gasteiger charge is -2.31. The molecule has 0 amide bonds. The van der Waals surface area contributed by atoms with Gasteiger partial charge in [0.05, 0.1) is 9.92 Å². The summed E-state index contributed by atoms with van der Waals surface area (Å²) in [7, 11) is -3.70. The lowest BCUT2D eigenvalue weighted by atomic mass is 9.97. The van der Waals surface area contributed by atoms with Gasteiger partial charge in [-0.3, -0.25) is 0 Å². The third-order valence-electron chi connectivity index (χ3n) is 3.99. The van der Waals surface area contributed by atoms with Gasteiger partial charge in [-0.05, 0) is 36.5 Å². The third-order valence-corrected chi connectivity index (χ3v) is 6.26. The first-order chi connectivity index (χ1) is 9.90. The molecule has 1 atom stereocenters. The predicted molar refractivity (Wildman–Crippen MR) is 81.1 cm³/mol. The average molecular weight is 335 g/mol. The second kappa shape index (κ2) is 6.60. The van der Waals surface area contributed by atoms with E-state index in [9.17, 15) is 12.8 Å². The molecule has 0 aliphatic carbocycles. The molecule has 0 aromatic heterocycles. The van der Waals surface area contributed by atoms with Crippen molar-refractivity contribution in [3.8, 4) is 0 Å². The van der Waals surface area contributed by atoms with Gasteiger partial charge in [0.25, 0.3) is 0 Å². The number of hydrogen-bond donors (Lipinski definition) is 1. The molecule has 1 aromatic carbocycles. The zero-order valence-corrected chi connectivity index (χ0v) is 13.6. The van der Waals surface area contributed by atoms with E-state index in [-0.39, 0.29) is 16.5 Å². The van der Waals surface area contributed by atoms with Crippen molar-refractivity contribution in [2.24, 2.45) is 11.7 Å². The van der Waals surface area contributed by atoms with Crippen LogP contribution in [-0.4, -0.2) is 25.8 Å². The van der Waals surface area contributed by atoms with E-state index in [1.807, 2.05) is 0 Å². The van der Waals surface area contributed by atoms with Crippen LogP contribution in [0.5, 0.6) is 0 Å². The Balaban J connectivity index is 2.37. The van der Waals surface area contributed by atoms with Gasteiger partial charge in [0.15, 0.2) is 0 Å². The Bertz CT molecular complexity index is 622. The van der Waals surface area contributed by atoms with Gasteiger partial charge >= 0.3 is 0 Å². The smallest absolute Gasteiger partial charge is 0.243 e. The fourth-order valence-electron chi connectivity index (χ4n) is 2.64. The van der Waals surface area contributed by atoms with Crippen LogP contribution >= 0.6 is 11.6 Å². The van der Waals surface area contributed by atoms with Crippen molar-refractivity contribution in [2.75, 3.05) is 13.1 Å². The second-order valence-electron chi connectivity index (χ2n) is 5.36. The predicted octanol–water partition coefficient (Wildman–Crippen LogP) is 2.75. The van der Waals surface area contributed by atoms with Crippen LogP contribution in [0.4, 0.5) is 4.39 Å². The van der Waals surface area contributed by atoms with Crippen molar-refractivity contribution >= 4 is 21.6 Å². The van der Waals surface area contributed by atoms with Crippen molar-refractivity contribution in [3.05, 3.63) is 28.5 Å². The number of sulfonamides is 1. The Morgan fingerprint density at radius 2 is 2.19 bits per heavy atom. The summed E-state index contributed by atoms with van der Waals surface area (Å²) in [4.78, 5) is -0.0680. The topological polar surface area (TPSA) is 63.4 Å². The van der Waals surface area contributed by atoms with Gasteiger partial charge < -0.3 is 5.73 Å². The largest absolute Gasteiger partial charge is 0.326 e. The van der Waals surface area contributed by atoms with Crippen LogP contribution < -0.4 is 5.73 Å². The Morgan fingerprint density at radius 1 is 1.48 bits per heavy atom. The molecular weight excluding hydrogens is 315 g/mol. The normalized spacial score (nSPS) is 20.7. The standard InChI is InChI=1S/C14H20ClFN2O2S/c1-2-10-4-3-5-18(9-10)21(19,20)12-6-11(8-17)14(15)13(16)7-12/h6-7,10H,2-5,8-9,17H2,1H3. The van der Waals surface area contributed by atoms with E-state index in [0.29, 0.717) is 24.6 Å². The minimum atomic E-state index is -3.70. The van der Waals surface area contributed by atoms with Crippen molar-refractivity contribution < 1.29 is 12.8 Å². The van der Waals surface area contributed by atoms with E-state index in [0.717, 1.165) is 25.3 Å². The number of hydrogen-bond acceptors (Lipinski definition) is 3. The van der Waals surface area contributed by atoms with Crippen molar-refractivity contribution in [2.45, 2.75) is 37.6 Å². The van der Waals surface area contributed by atoms with Gasteiger partial charge in [0, 0.05) is 19.6 Å². The van der Waals surface area contributed by atoms with E-state index in [1.165, 1.54) is 10.4 Å². The molecule has 0 spiro atoms. The monoisotopic (exact) mass is 334 g/mol. The number of rotatable bonds is 4. The molecule has 21 heavy (non-hydrogen) atoms. The van der Waals surface area contributed by atoms with Gasteiger partial charge in [-0.15, -0.1) is 0 Å². The van der Waals surface area contributed by atoms with Gasteiger partial charge in [-0.2, -0.15) is 4.31 Å². The Labute approximate surface area is 130 Å². The van der Waals surface area contributed by atoms with E-state index in [1.54, 1.807) is 0 Å². The lowest BCUT2D eigenvalue weighted by molar-refractivity contribution is 0.261. The summed E-state index contributed by atoms with van der Waals surface area (Å²) in [5, 5.41) is -0.110. The van der Waals surface area contributed by atoms with Gasteiger partial charge in [-0.25, -0.2) is 12.8 Å². The molecule has 4 nitrogen and oxygen atoms in total. The van der Waals surface area contributed by atoms with E-state index < -0.39 is 15.8 Å². The fraction of sp³-hybridized carbons (Fsp3) is 0.571. The molecule has 1 saturated heterocycles. The Hall–Kier alpha value is -0.690. The molecule has 1 aromatic rings. The molecule has 1 aliphatic rings. The summed E-state index contributed by atoms with van der Waals surface area (Å²) in [5.41, 5.74) is 5.80. The molecule has 2 rings (SSSR count). The molecular formula is C14H20ClFN2O2S. The highest BCUT2D eigenvalue weighted by molar-refractivity contribution is 7.89. The van der Waals surface area contributed by atoms with E-state index in [4.69, 9.17) is 17.3 Å². The van der Waals surface area contributed by atoms with E-state index in [2.05, 4.69) is 6.92 Å². The second-order valence-corrected chi connectivity index (χ2v) is 7.68. The molecule has 118 valence electrons. The summed E-state index contributed by atoms with van der Waals surface area (Å²) in [6, 6.07) is 2.35. The minimum Gasteiger partial charge on any atom is -0.326 e. The molecule has 7 heteroatoms. The maximum atomic E-state index is 13.8. The molecule has 0 bridgehead atoms. The number of halogens is 2. The summed E-state index contributed by atoms with van der Waals surface area (Å²) in [5.74, 6) is -0.387. The number of piperidine rings is 1. The van der Waals surface area contributed by atoms with Gasteiger partial charge in [0.1, 0.15) is 5.82 Å². The van der Waals surface area contributed by atoms with Crippen LogP contribution in [0.3, 0.4) is 0 Å². The zero-order valence-electron chi connectivity index (χ0n) is 12.0. The maximum Gasteiger partial charge on any atom is 0.243 e. The fourth-order valence-corrected chi connectivity index (χ4v) is 4.45. The Kier molecular flexibility index (Phi) is 5.24. The van der Waals surface area contributed by atoms with E-state index >= 15 is 0 Å². The third kappa shape index (κ3) is 3.39. The average Bonchev–Trinajstić information content (AvgIpc) is 2.49. The SMILES string of the molecule is CCC1CCCN(S(=O)(=O)c2cc(F)c(Cl)c(CN)c2)C1. The first-order valence-electron chi connectivity index (χ1n) is 7.08. The molecule has 1 heterocycles. The molecule has 0 radical (unpaired) electrons. The van der Waals surface area contributed by atoms with Crippen molar-refractivity contribution in [1.82, 2.24) is 4.31 Å². The molecule has 0 saturated carbocycles. The summed E-state index contributed by atoms with van der Waals surface area (Å²) in [6.07, 6.45) is 2.80. The van der Waals surface area contributed by atoms with Crippen LogP contribution in [0.15, 0.2) is 17.0 Å². The Morgan fingerprint density at radius 3 is 2.81 bits per heavy atom. The van der Waals surface area contributed by atoms with Crippen LogP contribution in [0, 0.1) is 11.7 Å². The van der Waals surface area contributed by atoms with Crippen LogP contribution in [0.25, 0.3) is 0 Å². The highest BCUT2D eigenvalue weighted by Gasteiger charge is 2.30. The number of benzene rings is 1. The highest BCUT2D eigenvalue weighted by atomic mass is 35.5.